The number of hydrogen-bond donors (Lipinski definition) is 1. The van der Waals surface area contributed by atoms with Gasteiger partial charge in [0, 0.05) is 35.6 Å². The van der Waals surface area contributed by atoms with E-state index in [1.807, 2.05) is 0 Å². The Morgan fingerprint density at radius 2 is 2.04 bits per heavy atom. The molecule has 0 aliphatic rings. The minimum Gasteiger partial charge on any atom is -0.506 e. The highest BCUT2D eigenvalue weighted by Crippen LogP contribution is 2.31. The van der Waals surface area contributed by atoms with Crippen LogP contribution in [0.2, 0.25) is 5.02 Å². The molecule has 7 heteroatoms. The number of fused-ring (bicyclic) bond motifs is 1. The standard InChI is InChI=1S/C17H12ClNO5/c1-9-12-7-14(18)15(20)8-16(12)24-17(21)13(9)6-10-3-2-4-11(5-10)19(22)23/h2-5,7-8,20H,6H2,1H3. The summed E-state index contributed by atoms with van der Waals surface area (Å²) in [6, 6.07) is 8.92. The molecule has 0 saturated carbocycles. The van der Waals surface area contributed by atoms with E-state index < -0.39 is 10.5 Å². The van der Waals surface area contributed by atoms with Crippen LogP contribution in [0.5, 0.6) is 5.75 Å². The van der Waals surface area contributed by atoms with Crippen molar-refractivity contribution in [3.63, 3.8) is 0 Å². The van der Waals surface area contributed by atoms with Gasteiger partial charge in [-0.3, -0.25) is 10.1 Å². The Bertz CT molecular complexity index is 1030. The predicted molar refractivity (Wildman–Crippen MR) is 89.8 cm³/mol. The Labute approximate surface area is 141 Å². The number of hydrogen-bond acceptors (Lipinski definition) is 5. The van der Waals surface area contributed by atoms with Crippen LogP contribution in [-0.4, -0.2) is 10.0 Å². The SMILES string of the molecule is Cc1c(Cc2cccc([N+](=O)[O-])c2)c(=O)oc2cc(O)c(Cl)cc12. The first kappa shape index (κ1) is 16.0. The fraction of sp³-hybridized carbons (Fsp3) is 0.118. The van der Waals surface area contributed by atoms with E-state index in [1.165, 1.54) is 24.3 Å². The second-order valence-electron chi connectivity index (χ2n) is 5.40. The van der Waals surface area contributed by atoms with Crippen LogP contribution in [0.3, 0.4) is 0 Å². The summed E-state index contributed by atoms with van der Waals surface area (Å²) in [6.07, 6.45) is 0.199. The van der Waals surface area contributed by atoms with Crippen molar-refractivity contribution in [3.05, 3.63) is 78.6 Å². The zero-order valence-corrected chi connectivity index (χ0v) is 13.3. The first-order chi connectivity index (χ1) is 11.4. The number of phenols is 1. The summed E-state index contributed by atoms with van der Waals surface area (Å²) < 4.78 is 5.25. The first-order valence-electron chi connectivity index (χ1n) is 7.05. The van der Waals surface area contributed by atoms with E-state index in [9.17, 15) is 20.0 Å². The summed E-state index contributed by atoms with van der Waals surface area (Å²) in [6.45, 7) is 1.75. The molecule has 0 radical (unpaired) electrons. The van der Waals surface area contributed by atoms with Gasteiger partial charge in [0.05, 0.1) is 9.95 Å². The number of nitro benzene ring substituents is 1. The third kappa shape index (κ3) is 2.83. The second-order valence-corrected chi connectivity index (χ2v) is 5.80. The van der Waals surface area contributed by atoms with E-state index in [-0.39, 0.29) is 28.5 Å². The highest BCUT2D eigenvalue weighted by molar-refractivity contribution is 6.32. The maximum atomic E-state index is 12.3. The Morgan fingerprint density at radius 1 is 1.29 bits per heavy atom. The fourth-order valence-corrected chi connectivity index (χ4v) is 2.75. The van der Waals surface area contributed by atoms with Gasteiger partial charge in [-0.05, 0) is 24.1 Å². The average molecular weight is 346 g/mol. The van der Waals surface area contributed by atoms with Crippen molar-refractivity contribution in [2.24, 2.45) is 0 Å². The van der Waals surface area contributed by atoms with Crippen LogP contribution in [0.15, 0.2) is 45.6 Å². The summed E-state index contributed by atoms with van der Waals surface area (Å²) in [7, 11) is 0. The van der Waals surface area contributed by atoms with Gasteiger partial charge in [0.25, 0.3) is 5.69 Å². The average Bonchev–Trinajstić information content (AvgIpc) is 2.54. The van der Waals surface area contributed by atoms with Gasteiger partial charge in [-0.15, -0.1) is 0 Å². The van der Waals surface area contributed by atoms with E-state index in [4.69, 9.17) is 16.0 Å². The summed E-state index contributed by atoms with van der Waals surface area (Å²) in [5.41, 5.74) is 1.34. The molecule has 1 aromatic heterocycles. The lowest BCUT2D eigenvalue weighted by Gasteiger charge is -2.09. The van der Waals surface area contributed by atoms with Crippen molar-refractivity contribution in [1.29, 1.82) is 0 Å². The van der Waals surface area contributed by atoms with Crippen molar-refractivity contribution in [2.75, 3.05) is 0 Å². The molecule has 0 aliphatic carbocycles. The normalized spacial score (nSPS) is 10.9. The second kappa shape index (κ2) is 5.98. The summed E-state index contributed by atoms with van der Waals surface area (Å²) in [5.74, 6) is -0.168. The lowest BCUT2D eigenvalue weighted by atomic mass is 9.99. The molecular formula is C17H12ClNO5. The molecule has 0 amide bonds. The van der Waals surface area contributed by atoms with Crippen LogP contribution in [0, 0.1) is 17.0 Å². The molecule has 0 saturated heterocycles. The number of aromatic hydroxyl groups is 1. The minimum absolute atomic E-state index is 0.0386. The monoisotopic (exact) mass is 345 g/mol. The number of rotatable bonds is 3. The van der Waals surface area contributed by atoms with Crippen molar-refractivity contribution in [3.8, 4) is 5.75 Å². The third-order valence-electron chi connectivity index (χ3n) is 3.86. The Morgan fingerprint density at radius 3 is 2.75 bits per heavy atom. The molecule has 1 N–H and O–H groups in total. The van der Waals surface area contributed by atoms with Crippen LogP contribution in [0.4, 0.5) is 5.69 Å². The number of nitrogens with zero attached hydrogens (tertiary/aromatic N) is 1. The number of benzene rings is 2. The molecule has 2 aromatic carbocycles. The van der Waals surface area contributed by atoms with Gasteiger partial charge >= 0.3 is 5.63 Å². The van der Waals surface area contributed by atoms with Gasteiger partial charge < -0.3 is 9.52 Å². The van der Waals surface area contributed by atoms with E-state index >= 15 is 0 Å². The molecule has 1 heterocycles. The van der Waals surface area contributed by atoms with Gasteiger partial charge in [0.2, 0.25) is 0 Å². The Balaban J connectivity index is 2.13. The first-order valence-corrected chi connectivity index (χ1v) is 7.42. The van der Waals surface area contributed by atoms with E-state index in [1.54, 1.807) is 19.1 Å². The van der Waals surface area contributed by atoms with Gasteiger partial charge in [-0.25, -0.2) is 4.79 Å². The number of aryl methyl sites for hydroxylation is 1. The minimum atomic E-state index is -0.548. The van der Waals surface area contributed by atoms with Crippen LogP contribution in [0.1, 0.15) is 16.7 Å². The van der Waals surface area contributed by atoms with Crippen molar-refractivity contribution < 1.29 is 14.4 Å². The molecule has 0 fully saturated rings. The fourth-order valence-electron chi connectivity index (χ4n) is 2.59. The van der Waals surface area contributed by atoms with E-state index in [0.29, 0.717) is 22.1 Å². The molecule has 3 aromatic rings. The van der Waals surface area contributed by atoms with Crippen molar-refractivity contribution in [1.82, 2.24) is 0 Å². The lowest BCUT2D eigenvalue weighted by Crippen LogP contribution is -2.11. The van der Waals surface area contributed by atoms with E-state index in [2.05, 4.69) is 0 Å². The maximum absolute atomic E-state index is 12.3. The molecule has 0 aliphatic heterocycles. The zero-order valence-electron chi connectivity index (χ0n) is 12.6. The summed E-state index contributed by atoms with van der Waals surface area (Å²) in [4.78, 5) is 22.6. The van der Waals surface area contributed by atoms with Crippen molar-refractivity contribution >= 4 is 28.3 Å². The summed E-state index contributed by atoms with van der Waals surface area (Å²) in [5, 5.41) is 21.3. The predicted octanol–water partition coefficient (Wildman–Crippen LogP) is 3.96. The number of phenolic OH excluding ortho intramolecular Hbond substituents is 1. The Hall–Kier alpha value is -2.86. The molecule has 6 nitrogen and oxygen atoms in total. The molecule has 0 bridgehead atoms. The third-order valence-corrected chi connectivity index (χ3v) is 4.16. The molecule has 24 heavy (non-hydrogen) atoms. The van der Waals surface area contributed by atoms with Crippen LogP contribution in [-0.2, 0) is 6.42 Å². The van der Waals surface area contributed by atoms with Gasteiger partial charge in [0.15, 0.2) is 0 Å². The topological polar surface area (TPSA) is 93.6 Å². The van der Waals surface area contributed by atoms with Gasteiger partial charge in [0.1, 0.15) is 11.3 Å². The van der Waals surface area contributed by atoms with Crippen LogP contribution < -0.4 is 5.63 Å². The summed E-state index contributed by atoms with van der Waals surface area (Å²) >= 11 is 5.92. The van der Waals surface area contributed by atoms with Gasteiger partial charge in [-0.2, -0.15) is 0 Å². The van der Waals surface area contributed by atoms with Gasteiger partial charge in [-0.1, -0.05) is 23.7 Å². The molecule has 122 valence electrons. The smallest absolute Gasteiger partial charge is 0.340 e. The number of nitro groups is 1. The van der Waals surface area contributed by atoms with Crippen molar-refractivity contribution in [2.45, 2.75) is 13.3 Å². The molecule has 3 rings (SSSR count). The molecule has 0 spiro atoms. The van der Waals surface area contributed by atoms with E-state index in [0.717, 1.165) is 0 Å². The number of halogens is 1. The highest BCUT2D eigenvalue weighted by Gasteiger charge is 2.15. The largest absolute Gasteiger partial charge is 0.506 e. The Kier molecular flexibility index (Phi) is 3.99. The highest BCUT2D eigenvalue weighted by atomic mass is 35.5. The quantitative estimate of drug-likeness (QED) is 0.440. The van der Waals surface area contributed by atoms with Crippen LogP contribution >= 0.6 is 11.6 Å². The maximum Gasteiger partial charge on any atom is 0.340 e. The number of non-ortho nitro benzene ring substituents is 1. The lowest BCUT2D eigenvalue weighted by molar-refractivity contribution is -0.384. The molecule has 0 unspecified atom stereocenters. The van der Waals surface area contributed by atoms with Crippen LogP contribution in [0.25, 0.3) is 11.0 Å². The zero-order chi connectivity index (χ0) is 17.4. The molecule has 0 atom stereocenters. The molecular weight excluding hydrogens is 334 g/mol.